The number of benzene rings is 1. The van der Waals surface area contributed by atoms with Gasteiger partial charge in [0.05, 0.1) is 16.9 Å². The first-order valence-electron chi connectivity index (χ1n) is 7.85. The molecule has 2 aromatic rings. The molecule has 0 amide bonds. The van der Waals surface area contributed by atoms with Crippen LogP contribution in [0.3, 0.4) is 0 Å². The predicted molar refractivity (Wildman–Crippen MR) is 96.6 cm³/mol. The van der Waals surface area contributed by atoms with Crippen LogP contribution in [0.15, 0.2) is 47.5 Å². The van der Waals surface area contributed by atoms with Crippen LogP contribution in [-0.2, 0) is 26.0 Å². The number of non-ortho nitro benzene ring substituents is 1. The standard InChI is InChI=1S/C17H15N3O6S/c1-26-16(21)6-5-12-9-13-7-8-19(17(13)18-11-12)27(24,25)15-4-2-3-14(10-15)20(22)23/h2-6,9-11H,7-8H2,1H3/b6-5+. The molecule has 140 valence electrons. The first-order chi connectivity index (χ1) is 12.8. The number of carbonyl (C=O) groups is 1. The average molecular weight is 389 g/mol. The summed E-state index contributed by atoms with van der Waals surface area (Å²) in [6, 6.07) is 6.64. The molecule has 0 unspecified atom stereocenters. The number of anilines is 1. The van der Waals surface area contributed by atoms with Crippen molar-refractivity contribution in [3.8, 4) is 0 Å². The van der Waals surface area contributed by atoms with Crippen molar-refractivity contribution >= 4 is 33.6 Å². The minimum Gasteiger partial charge on any atom is -0.466 e. The number of hydrogen-bond donors (Lipinski definition) is 0. The lowest BCUT2D eigenvalue weighted by molar-refractivity contribution is -0.385. The summed E-state index contributed by atoms with van der Waals surface area (Å²) in [7, 11) is -2.71. The van der Waals surface area contributed by atoms with Gasteiger partial charge in [-0.25, -0.2) is 22.5 Å². The lowest BCUT2D eigenvalue weighted by Gasteiger charge is -2.18. The fourth-order valence-corrected chi connectivity index (χ4v) is 4.20. The van der Waals surface area contributed by atoms with Crippen LogP contribution in [0.1, 0.15) is 11.1 Å². The fraction of sp³-hybridized carbons (Fsp3) is 0.176. The van der Waals surface area contributed by atoms with Crippen LogP contribution in [0.4, 0.5) is 11.5 Å². The summed E-state index contributed by atoms with van der Waals surface area (Å²) in [5, 5.41) is 10.9. The summed E-state index contributed by atoms with van der Waals surface area (Å²) in [5.41, 5.74) is 1.04. The van der Waals surface area contributed by atoms with Gasteiger partial charge < -0.3 is 4.74 Å². The Balaban J connectivity index is 1.93. The second-order valence-corrected chi connectivity index (χ2v) is 7.55. The van der Waals surface area contributed by atoms with Gasteiger partial charge in [0.25, 0.3) is 15.7 Å². The lowest BCUT2D eigenvalue weighted by Crippen LogP contribution is -2.29. The van der Waals surface area contributed by atoms with Crippen LogP contribution >= 0.6 is 0 Å². The smallest absolute Gasteiger partial charge is 0.330 e. The average Bonchev–Trinajstić information content (AvgIpc) is 3.10. The normalized spacial score (nSPS) is 13.6. The summed E-state index contributed by atoms with van der Waals surface area (Å²) in [5.74, 6) is -0.234. The Morgan fingerprint density at radius 2 is 2.15 bits per heavy atom. The molecule has 1 aromatic heterocycles. The first-order valence-corrected chi connectivity index (χ1v) is 9.29. The maximum absolute atomic E-state index is 12.9. The zero-order valence-electron chi connectivity index (χ0n) is 14.2. The summed E-state index contributed by atoms with van der Waals surface area (Å²) in [6.07, 6.45) is 4.66. The van der Waals surface area contributed by atoms with E-state index in [-0.39, 0.29) is 22.9 Å². The van der Waals surface area contributed by atoms with Gasteiger partial charge >= 0.3 is 5.97 Å². The number of aromatic nitrogens is 1. The third-order valence-electron chi connectivity index (χ3n) is 4.01. The number of carbonyl (C=O) groups excluding carboxylic acids is 1. The molecule has 10 heteroatoms. The van der Waals surface area contributed by atoms with E-state index in [4.69, 9.17) is 0 Å². The number of nitro benzene ring substituents is 1. The van der Waals surface area contributed by atoms with Crippen LogP contribution in [0.5, 0.6) is 0 Å². The molecule has 0 N–H and O–H groups in total. The van der Waals surface area contributed by atoms with Gasteiger partial charge in [0, 0.05) is 31.0 Å². The lowest BCUT2D eigenvalue weighted by atomic mass is 10.1. The highest BCUT2D eigenvalue weighted by Gasteiger charge is 2.32. The van der Waals surface area contributed by atoms with Crippen LogP contribution in [0.2, 0.25) is 0 Å². The number of ether oxygens (including phenoxy) is 1. The van der Waals surface area contributed by atoms with Crippen molar-refractivity contribution in [3.63, 3.8) is 0 Å². The topological polar surface area (TPSA) is 120 Å². The second kappa shape index (κ2) is 7.16. The molecule has 0 atom stereocenters. The number of nitro groups is 1. The minimum absolute atomic E-state index is 0.166. The number of rotatable bonds is 5. The molecule has 0 saturated carbocycles. The molecular weight excluding hydrogens is 374 g/mol. The van der Waals surface area contributed by atoms with Crippen LogP contribution in [0, 0.1) is 10.1 Å². The highest BCUT2D eigenvalue weighted by atomic mass is 32.2. The van der Waals surface area contributed by atoms with E-state index in [1.165, 1.54) is 43.7 Å². The first kappa shape index (κ1) is 18.5. The Hall–Kier alpha value is -3.27. The van der Waals surface area contributed by atoms with E-state index in [2.05, 4.69) is 9.72 Å². The van der Waals surface area contributed by atoms with Crippen LogP contribution < -0.4 is 4.31 Å². The van der Waals surface area contributed by atoms with Gasteiger partial charge in [-0.1, -0.05) is 6.07 Å². The van der Waals surface area contributed by atoms with Crippen molar-refractivity contribution in [3.05, 3.63) is 63.8 Å². The Morgan fingerprint density at radius 1 is 1.37 bits per heavy atom. The maximum Gasteiger partial charge on any atom is 0.330 e. The molecular formula is C17H15N3O6S. The highest BCUT2D eigenvalue weighted by molar-refractivity contribution is 7.92. The van der Waals surface area contributed by atoms with Crippen molar-refractivity contribution in [2.75, 3.05) is 18.0 Å². The molecule has 1 aromatic carbocycles. The molecule has 9 nitrogen and oxygen atoms in total. The number of fused-ring (bicyclic) bond motifs is 1. The predicted octanol–water partition coefficient (Wildman–Crippen LogP) is 1.93. The van der Waals surface area contributed by atoms with Crippen molar-refractivity contribution < 1.29 is 22.9 Å². The molecule has 0 spiro atoms. The summed E-state index contributed by atoms with van der Waals surface area (Å²) in [4.78, 5) is 25.5. The van der Waals surface area contributed by atoms with E-state index >= 15 is 0 Å². The minimum atomic E-state index is -3.98. The summed E-state index contributed by atoms with van der Waals surface area (Å²) < 4.78 is 31.5. The molecule has 1 aliphatic rings. The Labute approximate surface area is 155 Å². The molecule has 2 heterocycles. The van der Waals surface area contributed by atoms with E-state index in [1.807, 2.05) is 0 Å². The second-order valence-electron chi connectivity index (χ2n) is 5.69. The van der Waals surface area contributed by atoms with Crippen molar-refractivity contribution in [2.45, 2.75) is 11.3 Å². The van der Waals surface area contributed by atoms with Gasteiger partial charge in [0.15, 0.2) is 0 Å². The molecule has 0 aliphatic carbocycles. The van der Waals surface area contributed by atoms with Gasteiger partial charge in [-0.3, -0.25) is 10.1 Å². The number of nitrogens with zero attached hydrogens (tertiary/aromatic N) is 3. The Bertz CT molecular complexity index is 1050. The molecule has 3 rings (SSSR count). The van der Waals surface area contributed by atoms with E-state index in [1.54, 1.807) is 6.07 Å². The molecule has 0 radical (unpaired) electrons. The van der Waals surface area contributed by atoms with Crippen molar-refractivity contribution in [2.24, 2.45) is 0 Å². The summed E-state index contributed by atoms with van der Waals surface area (Å²) in [6.45, 7) is 0.178. The van der Waals surface area contributed by atoms with Gasteiger partial charge in [-0.05, 0) is 35.8 Å². The highest BCUT2D eigenvalue weighted by Crippen LogP contribution is 2.32. The fourth-order valence-electron chi connectivity index (χ4n) is 2.70. The monoisotopic (exact) mass is 389 g/mol. The Morgan fingerprint density at radius 3 is 2.85 bits per heavy atom. The molecule has 0 saturated heterocycles. The third-order valence-corrected chi connectivity index (χ3v) is 5.80. The van der Waals surface area contributed by atoms with Gasteiger partial charge in [-0.2, -0.15) is 0 Å². The molecule has 0 bridgehead atoms. The van der Waals surface area contributed by atoms with Gasteiger partial charge in [0.1, 0.15) is 5.82 Å². The Kier molecular flexibility index (Phi) is 4.91. The number of pyridine rings is 1. The zero-order chi connectivity index (χ0) is 19.6. The van der Waals surface area contributed by atoms with E-state index in [9.17, 15) is 23.3 Å². The number of esters is 1. The maximum atomic E-state index is 12.9. The van der Waals surface area contributed by atoms with E-state index in [0.717, 1.165) is 10.4 Å². The zero-order valence-corrected chi connectivity index (χ0v) is 15.0. The molecule has 0 fully saturated rings. The van der Waals surface area contributed by atoms with Crippen molar-refractivity contribution in [1.29, 1.82) is 0 Å². The summed E-state index contributed by atoms with van der Waals surface area (Å²) >= 11 is 0. The number of hydrogen-bond acceptors (Lipinski definition) is 7. The number of methoxy groups -OCH3 is 1. The molecule has 27 heavy (non-hydrogen) atoms. The molecule has 1 aliphatic heterocycles. The van der Waals surface area contributed by atoms with Crippen LogP contribution in [0.25, 0.3) is 6.08 Å². The quantitative estimate of drug-likeness (QED) is 0.332. The largest absolute Gasteiger partial charge is 0.466 e. The van der Waals surface area contributed by atoms with Crippen LogP contribution in [-0.4, -0.2) is 37.9 Å². The van der Waals surface area contributed by atoms with Gasteiger partial charge in [0.2, 0.25) is 0 Å². The van der Waals surface area contributed by atoms with Gasteiger partial charge in [-0.15, -0.1) is 0 Å². The number of sulfonamides is 1. The van der Waals surface area contributed by atoms with Crippen molar-refractivity contribution in [1.82, 2.24) is 4.98 Å². The third kappa shape index (κ3) is 3.65. The van der Waals surface area contributed by atoms with E-state index in [0.29, 0.717) is 17.5 Å². The SMILES string of the molecule is COC(=O)/C=C/c1cnc2c(c1)CCN2S(=O)(=O)c1cccc([N+](=O)[O-])c1. The van der Waals surface area contributed by atoms with E-state index < -0.39 is 20.9 Å².